The first-order chi connectivity index (χ1) is 13.9. The van der Waals surface area contributed by atoms with Crippen molar-refractivity contribution in [3.63, 3.8) is 0 Å². The molecule has 0 spiro atoms. The minimum Gasteiger partial charge on any atom is -0.507 e. The first-order valence-corrected chi connectivity index (χ1v) is 11.6. The standard InChI is InChI=1S/C28H42O2/c1-10-13-20(23-18(11-2)14-16-21(25(23)29)27(4,5)6)24-19(12-3)15-17-22(26(24)30)28(7,8)9/h14-17,20,29-30H,10-13H2,1-9H3. The van der Waals surface area contributed by atoms with Gasteiger partial charge in [-0.3, -0.25) is 0 Å². The molecule has 0 saturated carbocycles. The van der Waals surface area contributed by atoms with Crippen molar-refractivity contribution >= 4 is 0 Å². The van der Waals surface area contributed by atoms with Crippen LogP contribution >= 0.6 is 0 Å². The molecule has 0 saturated heterocycles. The molecule has 2 aromatic rings. The third kappa shape index (κ3) is 4.68. The lowest BCUT2D eigenvalue weighted by Crippen LogP contribution is -2.17. The van der Waals surface area contributed by atoms with Crippen LogP contribution in [0.15, 0.2) is 24.3 Å². The quantitative estimate of drug-likeness (QED) is 0.511. The Morgan fingerprint density at radius 2 is 1.03 bits per heavy atom. The van der Waals surface area contributed by atoms with Crippen molar-refractivity contribution in [3.05, 3.63) is 57.6 Å². The molecule has 0 bridgehead atoms. The normalized spacial score (nSPS) is 12.6. The molecule has 0 aliphatic rings. The Hall–Kier alpha value is -1.96. The van der Waals surface area contributed by atoms with Crippen LogP contribution in [0.5, 0.6) is 11.5 Å². The van der Waals surface area contributed by atoms with Crippen LogP contribution in [-0.4, -0.2) is 10.2 Å². The molecule has 0 heterocycles. The van der Waals surface area contributed by atoms with Crippen LogP contribution in [-0.2, 0) is 23.7 Å². The van der Waals surface area contributed by atoms with Crippen LogP contribution in [0.1, 0.15) is 114 Å². The average molecular weight is 411 g/mol. The lowest BCUT2D eigenvalue weighted by atomic mass is 9.75. The van der Waals surface area contributed by atoms with Crippen molar-refractivity contribution in [2.45, 2.75) is 105 Å². The molecule has 2 rings (SSSR count). The first-order valence-electron chi connectivity index (χ1n) is 11.6. The number of phenols is 2. The number of aromatic hydroxyl groups is 2. The highest BCUT2D eigenvalue weighted by atomic mass is 16.3. The van der Waals surface area contributed by atoms with Gasteiger partial charge < -0.3 is 10.2 Å². The summed E-state index contributed by atoms with van der Waals surface area (Å²) in [6, 6.07) is 8.50. The van der Waals surface area contributed by atoms with Crippen molar-refractivity contribution < 1.29 is 10.2 Å². The van der Waals surface area contributed by atoms with E-state index >= 15 is 0 Å². The van der Waals surface area contributed by atoms with Crippen LogP contribution in [0, 0.1) is 0 Å². The van der Waals surface area contributed by atoms with E-state index < -0.39 is 0 Å². The highest BCUT2D eigenvalue weighted by Crippen LogP contribution is 2.48. The molecule has 0 unspecified atom stereocenters. The lowest BCUT2D eigenvalue weighted by Gasteiger charge is -2.31. The Morgan fingerprint density at radius 1 is 0.667 bits per heavy atom. The van der Waals surface area contributed by atoms with Gasteiger partial charge in [-0.2, -0.15) is 0 Å². The maximum absolute atomic E-state index is 11.5. The van der Waals surface area contributed by atoms with Gasteiger partial charge in [0.05, 0.1) is 0 Å². The smallest absolute Gasteiger partial charge is 0.123 e. The Bertz CT molecular complexity index is 807. The second-order valence-corrected chi connectivity index (χ2v) is 10.6. The van der Waals surface area contributed by atoms with E-state index in [1.54, 1.807) is 0 Å². The SMILES string of the molecule is CCCC(c1c(CC)ccc(C(C)(C)C)c1O)c1c(CC)ccc(C(C)(C)C)c1O. The number of phenolic OH excluding ortho intramolecular Hbond substituents is 2. The third-order valence-corrected chi connectivity index (χ3v) is 6.27. The summed E-state index contributed by atoms with van der Waals surface area (Å²) in [7, 11) is 0. The number of hydrogen-bond donors (Lipinski definition) is 2. The zero-order valence-corrected chi connectivity index (χ0v) is 20.6. The summed E-state index contributed by atoms with van der Waals surface area (Å²) in [4.78, 5) is 0. The molecular formula is C28H42O2. The highest BCUT2D eigenvalue weighted by molar-refractivity contribution is 5.58. The van der Waals surface area contributed by atoms with Crippen molar-refractivity contribution in [2.75, 3.05) is 0 Å². The van der Waals surface area contributed by atoms with Crippen LogP contribution in [0.25, 0.3) is 0 Å². The fourth-order valence-electron chi connectivity index (χ4n) is 4.63. The highest BCUT2D eigenvalue weighted by Gasteiger charge is 2.31. The first kappa shape index (κ1) is 24.3. The van der Waals surface area contributed by atoms with Gasteiger partial charge in [-0.05, 0) is 52.3 Å². The van der Waals surface area contributed by atoms with E-state index in [4.69, 9.17) is 0 Å². The summed E-state index contributed by atoms with van der Waals surface area (Å²) >= 11 is 0. The molecule has 0 aliphatic heterocycles. The fraction of sp³-hybridized carbons (Fsp3) is 0.571. The van der Waals surface area contributed by atoms with Crippen molar-refractivity contribution in [3.8, 4) is 11.5 Å². The molecule has 0 amide bonds. The summed E-state index contributed by atoms with van der Waals surface area (Å²) < 4.78 is 0. The van der Waals surface area contributed by atoms with Crippen LogP contribution in [0.3, 0.4) is 0 Å². The fourth-order valence-corrected chi connectivity index (χ4v) is 4.63. The van der Waals surface area contributed by atoms with E-state index in [9.17, 15) is 10.2 Å². The molecule has 166 valence electrons. The zero-order valence-electron chi connectivity index (χ0n) is 20.6. The summed E-state index contributed by atoms with van der Waals surface area (Å²) in [6.45, 7) is 19.3. The number of benzene rings is 2. The largest absolute Gasteiger partial charge is 0.507 e. The molecule has 2 N–H and O–H groups in total. The van der Waals surface area contributed by atoms with E-state index in [2.05, 4.69) is 86.6 Å². The number of hydrogen-bond acceptors (Lipinski definition) is 2. The molecule has 0 radical (unpaired) electrons. The Labute approximate surface area is 184 Å². The van der Waals surface area contributed by atoms with E-state index in [0.717, 1.165) is 47.9 Å². The molecule has 2 heteroatoms. The van der Waals surface area contributed by atoms with Crippen molar-refractivity contribution in [2.24, 2.45) is 0 Å². The molecular weight excluding hydrogens is 368 g/mol. The van der Waals surface area contributed by atoms with Crippen LogP contribution < -0.4 is 0 Å². The topological polar surface area (TPSA) is 40.5 Å². The monoisotopic (exact) mass is 410 g/mol. The van der Waals surface area contributed by atoms with Crippen molar-refractivity contribution in [1.29, 1.82) is 0 Å². The average Bonchev–Trinajstić information content (AvgIpc) is 2.64. The van der Waals surface area contributed by atoms with Crippen LogP contribution in [0.4, 0.5) is 0 Å². The molecule has 2 nitrogen and oxygen atoms in total. The lowest BCUT2D eigenvalue weighted by molar-refractivity contribution is 0.423. The molecule has 30 heavy (non-hydrogen) atoms. The van der Waals surface area contributed by atoms with Gasteiger partial charge in [0, 0.05) is 17.0 Å². The minimum atomic E-state index is -0.148. The summed E-state index contributed by atoms with van der Waals surface area (Å²) in [5.74, 6) is 0.787. The molecule has 0 aromatic heterocycles. The summed E-state index contributed by atoms with van der Waals surface area (Å²) in [6.07, 6.45) is 3.58. The second kappa shape index (κ2) is 9.04. The van der Waals surface area contributed by atoms with Gasteiger partial charge in [0.15, 0.2) is 0 Å². The Balaban J connectivity index is 2.91. The van der Waals surface area contributed by atoms with Crippen LogP contribution in [0.2, 0.25) is 0 Å². The Kier molecular flexibility index (Phi) is 7.32. The summed E-state index contributed by atoms with van der Waals surface area (Å²) in [5.41, 5.74) is 5.99. The Morgan fingerprint density at radius 3 is 1.30 bits per heavy atom. The zero-order chi connectivity index (χ0) is 22.9. The maximum Gasteiger partial charge on any atom is 0.123 e. The minimum absolute atomic E-state index is 0.0236. The van der Waals surface area contributed by atoms with Crippen molar-refractivity contribution in [1.82, 2.24) is 0 Å². The maximum atomic E-state index is 11.5. The number of aryl methyl sites for hydroxylation is 2. The van der Waals surface area contributed by atoms with Gasteiger partial charge in [0.25, 0.3) is 0 Å². The van der Waals surface area contributed by atoms with Gasteiger partial charge in [-0.25, -0.2) is 0 Å². The molecule has 2 aromatic carbocycles. The van der Waals surface area contributed by atoms with Gasteiger partial charge in [0.2, 0.25) is 0 Å². The third-order valence-electron chi connectivity index (χ3n) is 6.27. The van der Waals surface area contributed by atoms with E-state index in [1.807, 2.05) is 0 Å². The molecule has 0 fully saturated rings. The predicted octanol–water partition coefficient (Wildman–Crippen LogP) is 7.75. The van der Waals surface area contributed by atoms with Gasteiger partial charge in [-0.15, -0.1) is 0 Å². The van der Waals surface area contributed by atoms with Gasteiger partial charge in [0.1, 0.15) is 11.5 Å². The van der Waals surface area contributed by atoms with E-state index in [0.29, 0.717) is 11.5 Å². The van der Waals surface area contributed by atoms with Gasteiger partial charge >= 0.3 is 0 Å². The number of rotatable bonds is 6. The molecule has 0 atom stereocenters. The summed E-state index contributed by atoms with van der Waals surface area (Å²) in [5, 5.41) is 23.0. The van der Waals surface area contributed by atoms with E-state index in [1.165, 1.54) is 11.1 Å². The molecule has 0 aliphatic carbocycles. The second-order valence-electron chi connectivity index (χ2n) is 10.6. The van der Waals surface area contributed by atoms with E-state index in [-0.39, 0.29) is 16.7 Å². The van der Waals surface area contributed by atoms with Gasteiger partial charge in [-0.1, -0.05) is 93.0 Å². The predicted molar refractivity (Wildman–Crippen MR) is 129 cm³/mol.